The Hall–Kier alpha value is -2.39. The van der Waals surface area contributed by atoms with Gasteiger partial charge in [-0.3, -0.25) is 4.79 Å². The predicted octanol–water partition coefficient (Wildman–Crippen LogP) is 5.31. The number of hydrogen-bond acceptors (Lipinski definition) is 5. The van der Waals surface area contributed by atoms with E-state index in [0.29, 0.717) is 30.1 Å². The van der Waals surface area contributed by atoms with Gasteiger partial charge in [-0.1, -0.05) is 49.2 Å². The van der Waals surface area contributed by atoms with Gasteiger partial charge in [0.2, 0.25) is 5.91 Å². The topological polar surface area (TPSA) is 92.5 Å². The summed E-state index contributed by atoms with van der Waals surface area (Å²) >= 11 is 7.60. The molecule has 0 atom stereocenters. The van der Waals surface area contributed by atoms with E-state index in [-0.39, 0.29) is 10.3 Å². The van der Waals surface area contributed by atoms with Gasteiger partial charge >= 0.3 is 0 Å². The van der Waals surface area contributed by atoms with Crippen molar-refractivity contribution in [1.82, 2.24) is 4.31 Å². The number of benzene rings is 2. The Morgan fingerprint density at radius 2 is 1.83 bits per heavy atom. The third-order valence-electron chi connectivity index (χ3n) is 6.22. The number of thiophene rings is 1. The fraction of sp³-hybridized carbons (Fsp3) is 0.346. The van der Waals surface area contributed by atoms with E-state index in [0.717, 1.165) is 41.8 Å². The van der Waals surface area contributed by atoms with Crippen molar-refractivity contribution < 1.29 is 13.2 Å². The summed E-state index contributed by atoms with van der Waals surface area (Å²) in [6, 6.07) is 17.2. The number of rotatable bonds is 9. The SMILES string of the molecule is CCCc1ccc(NC2CCN(S(=O)(=O)c3cc(Cl)c(Cc4cccc(C(N)=O)c4)s3)CC2)cc1. The van der Waals surface area contributed by atoms with E-state index in [1.165, 1.54) is 23.0 Å². The number of nitrogens with zero attached hydrogens (tertiary/aromatic N) is 1. The van der Waals surface area contributed by atoms with Crippen molar-refractivity contribution in [2.45, 2.75) is 49.3 Å². The second-order valence-corrected chi connectivity index (χ2v) is 12.6. The number of nitrogens with one attached hydrogen (secondary N) is 1. The number of aryl methyl sites for hydroxylation is 1. The number of hydrogen-bond donors (Lipinski definition) is 2. The number of nitrogens with two attached hydrogens (primary N) is 1. The molecule has 1 aliphatic rings. The van der Waals surface area contributed by atoms with E-state index >= 15 is 0 Å². The lowest BCUT2D eigenvalue weighted by atomic mass is 10.1. The van der Waals surface area contributed by atoms with E-state index in [2.05, 4.69) is 36.5 Å². The summed E-state index contributed by atoms with van der Waals surface area (Å²) in [7, 11) is -3.62. The van der Waals surface area contributed by atoms with Crippen LogP contribution >= 0.6 is 22.9 Å². The molecule has 2 aromatic carbocycles. The Morgan fingerprint density at radius 1 is 1.11 bits per heavy atom. The molecule has 0 saturated carbocycles. The van der Waals surface area contributed by atoms with E-state index < -0.39 is 15.9 Å². The van der Waals surface area contributed by atoms with Gasteiger partial charge in [-0.2, -0.15) is 4.31 Å². The average Bonchev–Trinajstić information content (AvgIpc) is 3.22. The maximum Gasteiger partial charge on any atom is 0.252 e. The second-order valence-electron chi connectivity index (χ2n) is 8.85. The molecule has 9 heteroatoms. The first-order chi connectivity index (χ1) is 16.8. The number of carbonyl (C=O) groups is 1. The van der Waals surface area contributed by atoms with E-state index in [1.807, 2.05) is 6.07 Å². The Balaban J connectivity index is 1.39. The molecule has 3 aromatic rings. The third-order valence-corrected chi connectivity index (χ3v) is 10.2. The summed E-state index contributed by atoms with van der Waals surface area (Å²) in [5.41, 5.74) is 9.03. The number of piperidine rings is 1. The van der Waals surface area contributed by atoms with Crippen LogP contribution in [0.15, 0.2) is 58.8 Å². The second kappa shape index (κ2) is 11.1. The van der Waals surface area contributed by atoms with Gasteiger partial charge in [-0.15, -0.1) is 11.3 Å². The minimum absolute atomic E-state index is 0.235. The summed E-state index contributed by atoms with van der Waals surface area (Å²) < 4.78 is 28.4. The first-order valence-corrected chi connectivity index (χ1v) is 14.4. The maximum absolute atomic E-state index is 13.3. The smallest absolute Gasteiger partial charge is 0.252 e. The van der Waals surface area contributed by atoms with Gasteiger partial charge < -0.3 is 11.1 Å². The van der Waals surface area contributed by atoms with Gasteiger partial charge in [0.05, 0.1) is 5.02 Å². The van der Waals surface area contributed by atoms with E-state index in [9.17, 15) is 13.2 Å². The number of sulfonamides is 1. The zero-order valence-electron chi connectivity index (χ0n) is 19.7. The largest absolute Gasteiger partial charge is 0.382 e. The molecule has 186 valence electrons. The quantitative estimate of drug-likeness (QED) is 0.391. The van der Waals surface area contributed by atoms with Crippen LogP contribution < -0.4 is 11.1 Å². The van der Waals surface area contributed by atoms with Crippen LogP contribution in [0.2, 0.25) is 5.02 Å². The Kier molecular flexibility index (Phi) is 8.16. The maximum atomic E-state index is 13.3. The summed E-state index contributed by atoms with van der Waals surface area (Å²) in [5.74, 6) is -0.501. The van der Waals surface area contributed by atoms with Gasteiger partial charge in [0.25, 0.3) is 10.0 Å². The van der Waals surface area contributed by atoms with Crippen LogP contribution in [0.25, 0.3) is 0 Å². The molecular weight excluding hydrogens is 502 g/mol. The molecular formula is C26H30ClN3O3S2. The Morgan fingerprint density at radius 3 is 2.49 bits per heavy atom. The van der Waals surface area contributed by atoms with Gasteiger partial charge in [-0.25, -0.2) is 8.42 Å². The molecule has 0 spiro atoms. The molecule has 0 radical (unpaired) electrons. The minimum Gasteiger partial charge on any atom is -0.382 e. The molecule has 2 heterocycles. The first-order valence-electron chi connectivity index (χ1n) is 11.8. The van der Waals surface area contributed by atoms with Crippen LogP contribution in [-0.2, 0) is 22.9 Å². The first kappa shape index (κ1) is 25.7. The molecule has 35 heavy (non-hydrogen) atoms. The van der Waals surface area contributed by atoms with Crippen molar-refractivity contribution in [3.8, 4) is 0 Å². The lowest BCUT2D eigenvalue weighted by Gasteiger charge is -2.31. The van der Waals surface area contributed by atoms with Crippen molar-refractivity contribution >= 4 is 44.6 Å². The highest BCUT2D eigenvalue weighted by Crippen LogP contribution is 2.35. The molecule has 1 amide bonds. The minimum atomic E-state index is -3.62. The number of halogens is 1. The number of carbonyl (C=O) groups excluding carboxylic acids is 1. The molecule has 1 aliphatic heterocycles. The highest BCUT2D eigenvalue weighted by molar-refractivity contribution is 7.91. The molecule has 4 rings (SSSR count). The average molecular weight is 532 g/mol. The molecule has 1 fully saturated rings. The van der Waals surface area contributed by atoms with Crippen LogP contribution in [0.1, 0.15) is 52.5 Å². The summed E-state index contributed by atoms with van der Waals surface area (Å²) in [4.78, 5) is 12.2. The fourth-order valence-electron chi connectivity index (χ4n) is 4.31. The lowest BCUT2D eigenvalue weighted by Crippen LogP contribution is -2.42. The zero-order chi connectivity index (χ0) is 25.0. The van der Waals surface area contributed by atoms with Gasteiger partial charge in [-0.05, 0) is 60.7 Å². The standard InChI is InChI=1S/C26H30ClN3O3S2/c1-2-4-18-7-9-21(10-8-18)29-22-11-13-30(14-12-22)35(32,33)25-17-23(27)24(34-25)16-19-5-3-6-20(15-19)26(28)31/h3,5-10,15,17,22,29H,2,4,11-14,16H2,1H3,(H2,28,31). The number of amides is 1. The van der Waals surface area contributed by atoms with Gasteiger partial charge in [0.1, 0.15) is 4.21 Å². The normalized spacial score (nSPS) is 15.3. The van der Waals surface area contributed by atoms with Gasteiger partial charge in [0, 0.05) is 41.7 Å². The molecule has 1 aromatic heterocycles. The van der Waals surface area contributed by atoms with Crippen LogP contribution in [0.3, 0.4) is 0 Å². The van der Waals surface area contributed by atoms with Crippen molar-refractivity contribution in [2.75, 3.05) is 18.4 Å². The van der Waals surface area contributed by atoms with Crippen LogP contribution in [0, 0.1) is 0 Å². The van der Waals surface area contributed by atoms with Crippen molar-refractivity contribution in [3.63, 3.8) is 0 Å². The Bertz CT molecular complexity index is 1280. The van der Waals surface area contributed by atoms with Crippen molar-refractivity contribution in [1.29, 1.82) is 0 Å². The highest BCUT2D eigenvalue weighted by Gasteiger charge is 2.31. The number of anilines is 1. The molecule has 1 saturated heterocycles. The monoisotopic (exact) mass is 531 g/mol. The van der Waals surface area contributed by atoms with Crippen molar-refractivity contribution in [3.05, 3.63) is 81.2 Å². The zero-order valence-corrected chi connectivity index (χ0v) is 22.1. The number of primary amides is 1. The predicted molar refractivity (Wildman–Crippen MR) is 143 cm³/mol. The fourth-order valence-corrected chi connectivity index (χ4v) is 7.80. The molecule has 0 bridgehead atoms. The van der Waals surface area contributed by atoms with Crippen molar-refractivity contribution in [2.24, 2.45) is 5.73 Å². The molecule has 6 nitrogen and oxygen atoms in total. The highest BCUT2D eigenvalue weighted by atomic mass is 35.5. The van der Waals surface area contributed by atoms with Crippen LogP contribution in [0.5, 0.6) is 0 Å². The summed E-state index contributed by atoms with van der Waals surface area (Å²) in [6.07, 6.45) is 4.11. The third kappa shape index (κ3) is 6.25. The van der Waals surface area contributed by atoms with Gasteiger partial charge in [0.15, 0.2) is 0 Å². The van der Waals surface area contributed by atoms with Crippen LogP contribution in [-0.4, -0.2) is 37.8 Å². The van der Waals surface area contributed by atoms with E-state index in [1.54, 1.807) is 22.5 Å². The lowest BCUT2D eigenvalue weighted by molar-refractivity contribution is 0.1000. The van der Waals surface area contributed by atoms with E-state index in [4.69, 9.17) is 17.3 Å². The Labute approximate surface area is 216 Å². The summed E-state index contributed by atoms with van der Waals surface area (Å²) in [5, 5.41) is 3.96. The molecule has 3 N–H and O–H groups in total. The summed E-state index contributed by atoms with van der Waals surface area (Å²) in [6.45, 7) is 3.09. The molecule has 0 unspecified atom stereocenters. The molecule has 0 aliphatic carbocycles. The van der Waals surface area contributed by atoms with Crippen LogP contribution in [0.4, 0.5) is 5.69 Å².